The van der Waals surface area contributed by atoms with E-state index in [1.54, 1.807) is 17.5 Å². The zero-order chi connectivity index (χ0) is 25.6. The van der Waals surface area contributed by atoms with Crippen LogP contribution in [-0.4, -0.2) is 19.1 Å². The third-order valence-corrected chi connectivity index (χ3v) is 10.5. The molecule has 2 bridgehead atoms. The zero-order valence-electron chi connectivity index (χ0n) is 23.6. The molecule has 0 aromatic heterocycles. The Morgan fingerprint density at radius 2 is 1.58 bits per heavy atom. The number of rotatable bonds is 3. The molecule has 2 nitrogen and oxygen atoms in total. The summed E-state index contributed by atoms with van der Waals surface area (Å²) in [4.78, 5) is 9.33. The minimum atomic E-state index is -0.285. The molecule has 2 aromatic carbocycles. The topological polar surface area (TPSA) is 24.7 Å². The second-order valence-corrected chi connectivity index (χ2v) is 14.4. The highest BCUT2D eigenvalue weighted by Gasteiger charge is 2.63. The van der Waals surface area contributed by atoms with Crippen LogP contribution >= 0.6 is 0 Å². The summed E-state index contributed by atoms with van der Waals surface area (Å²) in [6.45, 7) is 19.9. The van der Waals surface area contributed by atoms with E-state index in [9.17, 15) is 0 Å². The Balaban J connectivity index is 1.42. The van der Waals surface area contributed by atoms with E-state index in [1.807, 2.05) is 0 Å². The van der Waals surface area contributed by atoms with E-state index in [0.717, 1.165) is 48.5 Å². The molecule has 7 unspecified atom stereocenters. The molecule has 1 aliphatic heterocycles. The van der Waals surface area contributed by atoms with Gasteiger partial charge in [0.25, 0.3) is 0 Å². The van der Waals surface area contributed by atoms with Gasteiger partial charge in [-0.05, 0) is 92.6 Å². The average Bonchev–Trinajstić information content (AvgIpc) is 3.32. The van der Waals surface area contributed by atoms with Gasteiger partial charge in [-0.25, -0.2) is 4.99 Å². The number of hydrogen-bond acceptors (Lipinski definition) is 2. The molecule has 2 heteroatoms. The third kappa shape index (κ3) is 3.28. The van der Waals surface area contributed by atoms with E-state index in [-0.39, 0.29) is 10.8 Å². The maximum atomic E-state index is 4.71. The van der Waals surface area contributed by atoms with E-state index in [1.165, 1.54) is 28.7 Å². The lowest BCUT2D eigenvalue weighted by Gasteiger charge is -2.52. The van der Waals surface area contributed by atoms with Crippen LogP contribution in [0.25, 0.3) is 0 Å². The number of aliphatic imine (C=N–C) groups is 2. The second kappa shape index (κ2) is 7.89. The quantitative estimate of drug-likeness (QED) is 0.424. The molecular weight excluding hydrogens is 436 g/mol. The zero-order valence-corrected chi connectivity index (χ0v) is 23.6. The van der Waals surface area contributed by atoms with Crippen molar-refractivity contribution in [2.24, 2.45) is 39.1 Å². The van der Waals surface area contributed by atoms with Crippen LogP contribution in [0.5, 0.6) is 0 Å². The Bertz CT molecular complexity index is 1250. The molecule has 2 saturated carbocycles. The standard InChI is InChI=1S/C34H44N2/c1-9-21-14-22(11-13-28(21)32(3,4)5)34(17-35-19-36-18-34)23-10-12-24-26(15-23)30-25-16-27(29(24)30)31(20(25)2)33(6,7)8/h10-15,17,19-20,25,27,29-31H,9,16,18H2,1-8H3. The van der Waals surface area contributed by atoms with E-state index >= 15 is 0 Å². The van der Waals surface area contributed by atoms with Crippen molar-refractivity contribution in [1.82, 2.24) is 0 Å². The van der Waals surface area contributed by atoms with Gasteiger partial charge in [0.1, 0.15) is 6.34 Å². The summed E-state index contributed by atoms with van der Waals surface area (Å²) in [7, 11) is 0. The van der Waals surface area contributed by atoms with Gasteiger partial charge in [-0.1, -0.05) is 91.8 Å². The minimum absolute atomic E-state index is 0.143. The molecule has 0 saturated heterocycles. The molecule has 7 atom stereocenters. The molecule has 0 spiro atoms. The Morgan fingerprint density at radius 1 is 0.889 bits per heavy atom. The number of fused-ring (bicyclic) bond motifs is 8. The van der Waals surface area contributed by atoms with Crippen molar-refractivity contribution in [3.05, 3.63) is 69.8 Å². The fourth-order valence-electron chi connectivity index (χ4n) is 9.16. The number of aryl methyl sites for hydroxylation is 1. The molecule has 0 amide bonds. The number of hydrogen-bond donors (Lipinski definition) is 0. The first-order valence-corrected chi connectivity index (χ1v) is 14.3. The van der Waals surface area contributed by atoms with Crippen LogP contribution in [-0.2, 0) is 17.3 Å². The average molecular weight is 481 g/mol. The molecule has 0 N–H and O–H groups in total. The van der Waals surface area contributed by atoms with Gasteiger partial charge in [-0.2, -0.15) is 0 Å². The molecule has 3 aliphatic carbocycles. The predicted octanol–water partition coefficient (Wildman–Crippen LogP) is 8.07. The number of benzene rings is 2. The molecule has 2 aromatic rings. The summed E-state index contributed by atoms with van der Waals surface area (Å²) in [6, 6.07) is 14.6. The van der Waals surface area contributed by atoms with Crippen LogP contribution in [0.2, 0.25) is 0 Å². The van der Waals surface area contributed by atoms with Gasteiger partial charge in [0.15, 0.2) is 0 Å². The van der Waals surface area contributed by atoms with Crippen LogP contribution in [0.1, 0.15) is 107 Å². The van der Waals surface area contributed by atoms with Gasteiger partial charge in [-0.3, -0.25) is 4.99 Å². The van der Waals surface area contributed by atoms with Crippen molar-refractivity contribution in [2.45, 2.75) is 90.9 Å². The van der Waals surface area contributed by atoms with Gasteiger partial charge in [0, 0.05) is 6.21 Å². The molecule has 36 heavy (non-hydrogen) atoms. The van der Waals surface area contributed by atoms with Gasteiger partial charge in [0.05, 0.1) is 12.0 Å². The van der Waals surface area contributed by atoms with Crippen molar-refractivity contribution in [3.8, 4) is 0 Å². The van der Waals surface area contributed by atoms with Crippen LogP contribution in [0.3, 0.4) is 0 Å². The van der Waals surface area contributed by atoms with Crippen molar-refractivity contribution < 1.29 is 0 Å². The first-order chi connectivity index (χ1) is 17.0. The lowest BCUT2D eigenvalue weighted by molar-refractivity contribution is 0.0700. The van der Waals surface area contributed by atoms with Gasteiger partial charge >= 0.3 is 0 Å². The van der Waals surface area contributed by atoms with Crippen molar-refractivity contribution >= 4 is 12.6 Å². The second-order valence-electron chi connectivity index (χ2n) is 14.4. The molecule has 190 valence electrons. The van der Waals surface area contributed by atoms with Crippen molar-refractivity contribution in [2.75, 3.05) is 6.54 Å². The Kier molecular flexibility index (Phi) is 5.29. The maximum absolute atomic E-state index is 4.71. The highest BCUT2D eigenvalue weighted by atomic mass is 14.9. The van der Waals surface area contributed by atoms with E-state index in [2.05, 4.69) is 103 Å². The predicted molar refractivity (Wildman–Crippen MR) is 153 cm³/mol. The number of nitrogens with zero attached hydrogens (tertiary/aromatic N) is 2. The third-order valence-electron chi connectivity index (χ3n) is 10.5. The fourth-order valence-corrected chi connectivity index (χ4v) is 9.16. The molecule has 6 rings (SSSR count). The minimum Gasteiger partial charge on any atom is -0.272 e. The fraction of sp³-hybridized carbons (Fsp3) is 0.588. The van der Waals surface area contributed by atoms with Crippen LogP contribution in [0.15, 0.2) is 46.4 Å². The van der Waals surface area contributed by atoms with Crippen LogP contribution < -0.4 is 0 Å². The van der Waals surface area contributed by atoms with Gasteiger partial charge < -0.3 is 0 Å². The first-order valence-electron chi connectivity index (χ1n) is 14.3. The van der Waals surface area contributed by atoms with Gasteiger partial charge in [0.2, 0.25) is 0 Å². The Morgan fingerprint density at radius 3 is 2.22 bits per heavy atom. The van der Waals surface area contributed by atoms with E-state index in [4.69, 9.17) is 4.99 Å². The van der Waals surface area contributed by atoms with Crippen molar-refractivity contribution in [1.29, 1.82) is 0 Å². The van der Waals surface area contributed by atoms with Crippen molar-refractivity contribution in [3.63, 3.8) is 0 Å². The summed E-state index contributed by atoms with van der Waals surface area (Å²) in [5, 5.41) is 0. The smallest absolute Gasteiger partial charge is 0.109 e. The Labute approximate surface area is 218 Å². The Hall–Kier alpha value is -2.22. The van der Waals surface area contributed by atoms with E-state index in [0.29, 0.717) is 5.41 Å². The van der Waals surface area contributed by atoms with E-state index < -0.39 is 0 Å². The molecular formula is C34H44N2. The highest BCUT2D eigenvalue weighted by molar-refractivity contribution is 5.88. The lowest BCUT2D eigenvalue weighted by atomic mass is 9.52. The SMILES string of the molecule is CCc1cc(C2(c3ccc4c(c3)C3C5CC(C43)C(C(C)(C)C)C5C)C=NC=NC2)ccc1C(C)(C)C. The normalized spacial score (nSPS) is 34.4. The largest absolute Gasteiger partial charge is 0.272 e. The lowest BCUT2D eigenvalue weighted by Crippen LogP contribution is -2.43. The molecule has 1 heterocycles. The summed E-state index contributed by atoms with van der Waals surface area (Å²) in [5.74, 6) is 4.91. The van der Waals surface area contributed by atoms with Crippen LogP contribution in [0.4, 0.5) is 0 Å². The first kappa shape index (κ1) is 24.1. The van der Waals surface area contributed by atoms with Crippen LogP contribution in [0, 0.1) is 29.1 Å². The summed E-state index contributed by atoms with van der Waals surface area (Å²) < 4.78 is 0. The highest BCUT2D eigenvalue weighted by Crippen LogP contribution is 2.73. The van der Waals surface area contributed by atoms with Gasteiger partial charge in [-0.15, -0.1) is 0 Å². The molecule has 0 radical (unpaired) electrons. The maximum Gasteiger partial charge on any atom is 0.109 e. The summed E-state index contributed by atoms with van der Waals surface area (Å²) in [5.41, 5.74) is 9.12. The molecule has 4 aliphatic rings. The monoisotopic (exact) mass is 480 g/mol. The summed E-state index contributed by atoms with van der Waals surface area (Å²) in [6.07, 6.45) is 6.36. The molecule has 2 fully saturated rings. The summed E-state index contributed by atoms with van der Waals surface area (Å²) >= 11 is 0.